The van der Waals surface area contributed by atoms with Crippen LogP contribution in [-0.2, 0) is 6.54 Å². The number of nitrogens with zero attached hydrogens (tertiary/aromatic N) is 2. The molecular weight excluding hydrogens is 320 g/mol. The van der Waals surface area contributed by atoms with Crippen LogP contribution in [0.25, 0.3) is 0 Å². The van der Waals surface area contributed by atoms with Gasteiger partial charge in [-0.2, -0.15) is 0 Å². The van der Waals surface area contributed by atoms with Crippen LogP contribution in [0, 0.1) is 6.92 Å². The van der Waals surface area contributed by atoms with Gasteiger partial charge in [0, 0.05) is 18.1 Å². The third kappa shape index (κ3) is 3.21. The average Bonchev–Trinajstić information content (AvgIpc) is 2.63. The lowest BCUT2D eigenvalue weighted by Crippen LogP contribution is -2.17. The highest BCUT2D eigenvalue weighted by Crippen LogP contribution is 2.27. The highest BCUT2D eigenvalue weighted by molar-refractivity contribution is 9.10. The Kier molecular flexibility index (Phi) is 4.07. The molecule has 0 unspecified atom stereocenters. The predicted molar refractivity (Wildman–Crippen MR) is 78.1 cm³/mol. The van der Waals surface area contributed by atoms with Crippen LogP contribution in [0.1, 0.15) is 10.4 Å². The topological polar surface area (TPSA) is 16.1 Å². The van der Waals surface area contributed by atoms with Gasteiger partial charge < -0.3 is 4.90 Å². The van der Waals surface area contributed by atoms with Crippen LogP contribution in [0.4, 0.5) is 5.82 Å². The lowest BCUT2D eigenvalue weighted by atomic mass is 10.3. The van der Waals surface area contributed by atoms with Gasteiger partial charge in [0.05, 0.1) is 15.4 Å². The second-order valence-corrected chi connectivity index (χ2v) is 6.53. The van der Waals surface area contributed by atoms with Gasteiger partial charge in [-0.15, -0.1) is 11.3 Å². The van der Waals surface area contributed by atoms with Crippen LogP contribution in [0.5, 0.6) is 0 Å². The highest BCUT2D eigenvalue weighted by Gasteiger charge is 2.09. The van der Waals surface area contributed by atoms with E-state index >= 15 is 0 Å². The van der Waals surface area contributed by atoms with Gasteiger partial charge >= 0.3 is 0 Å². The molecule has 0 aliphatic rings. The Morgan fingerprint density at radius 1 is 1.47 bits per heavy atom. The van der Waals surface area contributed by atoms with Gasteiger partial charge in [0.25, 0.3) is 0 Å². The summed E-state index contributed by atoms with van der Waals surface area (Å²) in [6.45, 7) is 2.84. The lowest BCUT2D eigenvalue weighted by Gasteiger charge is -2.18. The summed E-state index contributed by atoms with van der Waals surface area (Å²) >= 11 is 11.1. The fourth-order valence-electron chi connectivity index (χ4n) is 1.55. The molecule has 0 amide bonds. The van der Waals surface area contributed by atoms with Crippen LogP contribution in [0.2, 0.25) is 4.34 Å². The Morgan fingerprint density at radius 3 is 2.82 bits per heavy atom. The molecule has 0 N–H and O–H groups in total. The first-order valence-corrected chi connectivity index (χ1v) is 7.12. The van der Waals surface area contributed by atoms with Gasteiger partial charge in [0.15, 0.2) is 0 Å². The molecule has 0 saturated heterocycles. The van der Waals surface area contributed by atoms with Crippen molar-refractivity contribution in [3.05, 3.63) is 43.6 Å². The molecular formula is C12H12BrClN2S. The molecule has 0 fully saturated rings. The van der Waals surface area contributed by atoms with Crippen molar-refractivity contribution in [2.45, 2.75) is 13.5 Å². The van der Waals surface area contributed by atoms with Gasteiger partial charge in [0.1, 0.15) is 5.82 Å². The summed E-state index contributed by atoms with van der Waals surface area (Å²) in [5.41, 5.74) is 1.15. The minimum absolute atomic E-state index is 0.812. The van der Waals surface area contributed by atoms with E-state index in [1.165, 1.54) is 4.88 Å². The quantitative estimate of drug-likeness (QED) is 0.823. The average molecular weight is 332 g/mol. The Bertz CT molecular complexity index is 527. The number of hydrogen-bond donors (Lipinski definition) is 0. The molecule has 0 spiro atoms. The molecule has 0 saturated carbocycles. The molecule has 2 nitrogen and oxygen atoms in total. The number of thiophene rings is 1. The minimum Gasteiger partial charge on any atom is -0.354 e. The largest absolute Gasteiger partial charge is 0.354 e. The van der Waals surface area contributed by atoms with E-state index in [4.69, 9.17) is 11.6 Å². The zero-order valence-electron chi connectivity index (χ0n) is 9.58. The number of halogens is 2. The van der Waals surface area contributed by atoms with Crippen molar-refractivity contribution in [3.63, 3.8) is 0 Å². The fourth-order valence-corrected chi connectivity index (χ4v) is 3.46. The number of anilines is 1. The molecule has 0 radical (unpaired) electrons. The van der Waals surface area contributed by atoms with Gasteiger partial charge in [-0.3, -0.25) is 0 Å². The SMILES string of the molecule is Cc1cnc(N(C)Cc2ccc(Cl)s2)c(Br)c1. The summed E-state index contributed by atoms with van der Waals surface area (Å²) in [6.07, 6.45) is 1.87. The molecule has 2 aromatic rings. The van der Waals surface area contributed by atoms with Crippen LogP contribution < -0.4 is 4.90 Å². The summed E-state index contributed by atoms with van der Waals surface area (Å²) in [6, 6.07) is 6.04. The van der Waals surface area contributed by atoms with Crippen molar-refractivity contribution >= 4 is 44.7 Å². The second kappa shape index (κ2) is 5.38. The van der Waals surface area contributed by atoms with Gasteiger partial charge in [-0.25, -0.2) is 4.98 Å². The maximum absolute atomic E-state index is 5.92. The Balaban J connectivity index is 2.17. The Labute approximate surface area is 118 Å². The molecule has 2 heterocycles. The Hall–Kier alpha value is -0.580. The number of pyridine rings is 1. The molecule has 0 bridgehead atoms. The monoisotopic (exact) mass is 330 g/mol. The third-order valence-corrected chi connectivity index (χ3v) is 4.14. The summed E-state index contributed by atoms with van der Waals surface area (Å²) in [5, 5.41) is 0. The van der Waals surface area contributed by atoms with Crippen LogP contribution in [0.15, 0.2) is 28.9 Å². The summed E-state index contributed by atoms with van der Waals surface area (Å²) in [4.78, 5) is 7.76. The van der Waals surface area contributed by atoms with Crippen molar-refractivity contribution in [1.29, 1.82) is 0 Å². The molecule has 0 atom stereocenters. The normalized spacial score (nSPS) is 10.6. The molecule has 0 aliphatic carbocycles. The second-order valence-electron chi connectivity index (χ2n) is 3.88. The lowest BCUT2D eigenvalue weighted by molar-refractivity contribution is 0.906. The van der Waals surface area contributed by atoms with E-state index in [1.54, 1.807) is 11.3 Å². The summed E-state index contributed by atoms with van der Waals surface area (Å²) in [7, 11) is 2.02. The molecule has 2 rings (SSSR count). The van der Waals surface area contributed by atoms with E-state index in [1.807, 2.05) is 32.3 Å². The molecule has 5 heteroatoms. The first-order chi connectivity index (χ1) is 8.06. The zero-order chi connectivity index (χ0) is 12.4. The van der Waals surface area contributed by atoms with Gasteiger partial charge in [-0.05, 0) is 46.6 Å². The number of aromatic nitrogens is 1. The fraction of sp³-hybridized carbons (Fsp3) is 0.250. The van der Waals surface area contributed by atoms with E-state index in [9.17, 15) is 0 Å². The van der Waals surface area contributed by atoms with Crippen molar-refractivity contribution in [2.24, 2.45) is 0 Å². The summed E-state index contributed by atoms with van der Waals surface area (Å²) in [5.74, 6) is 0.945. The van der Waals surface area contributed by atoms with E-state index in [0.717, 1.165) is 26.7 Å². The van der Waals surface area contributed by atoms with Crippen molar-refractivity contribution in [1.82, 2.24) is 4.98 Å². The summed E-state index contributed by atoms with van der Waals surface area (Å²) < 4.78 is 1.84. The number of rotatable bonds is 3. The molecule has 0 aromatic carbocycles. The van der Waals surface area contributed by atoms with Crippen LogP contribution >= 0.6 is 38.9 Å². The standard InChI is InChI=1S/C12H12BrClN2S/c1-8-5-10(13)12(15-6-8)16(2)7-9-3-4-11(14)17-9/h3-6H,7H2,1-2H3. The molecule has 17 heavy (non-hydrogen) atoms. The molecule has 90 valence electrons. The smallest absolute Gasteiger partial charge is 0.142 e. The first kappa shape index (κ1) is 12.9. The molecule has 0 aliphatic heterocycles. The maximum atomic E-state index is 5.92. The maximum Gasteiger partial charge on any atom is 0.142 e. The highest BCUT2D eigenvalue weighted by atomic mass is 79.9. The van der Waals surface area contributed by atoms with E-state index in [2.05, 4.69) is 31.9 Å². The van der Waals surface area contributed by atoms with Gasteiger partial charge in [-0.1, -0.05) is 11.6 Å². The van der Waals surface area contributed by atoms with Crippen molar-refractivity contribution in [2.75, 3.05) is 11.9 Å². The third-order valence-electron chi connectivity index (χ3n) is 2.34. The minimum atomic E-state index is 0.812. The van der Waals surface area contributed by atoms with Crippen molar-refractivity contribution < 1.29 is 0 Å². The van der Waals surface area contributed by atoms with Gasteiger partial charge in [0.2, 0.25) is 0 Å². The number of hydrogen-bond acceptors (Lipinski definition) is 3. The van der Waals surface area contributed by atoms with Crippen molar-refractivity contribution in [3.8, 4) is 0 Å². The Morgan fingerprint density at radius 2 is 2.24 bits per heavy atom. The van der Waals surface area contributed by atoms with E-state index in [0.29, 0.717) is 0 Å². The first-order valence-electron chi connectivity index (χ1n) is 5.14. The molecule has 2 aromatic heterocycles. The van der Waals surface area contributed by atoms with Crippen LogP contribution in [-0.4, -0.2) is 12.0 Å². The zero-order valence-corrected chi connectivity index (χ0v) is 12.7. The number of aryl methyl sites for hydroxylation is 1. The predicted octanol–water partition coefficient (Wildman–Crippen LogP) is 4.50. The van der Waals surface area contributed by atoms with E-state index in [-0.39, 0.29) is 0 Å². The van der Waals surface area contributed by atoms with E-state index < -0.39 is 0 Å². The van der Waals surface area contributed by atoms with Crippen LogP contribution in [0.3, 0.4) is 0 Å².